The Kier molecular flexibility index (Phi) is 2.85. The molecule has 2 heterocycles. The molecule has 1 amide bonds. The highest BCUT2D eigenvalue weighted by molar-refractivity contribution is 5.97. The summed E-state index contributed by atoms with van der Waals surface area (Å²) in [5, 5.41) is 6.46. The number of carbonyl (C=O) groups excluding carboxylic acids is 1. The third-order valence-electron chi connectivity index (χ3n) is 3.21. The van der Waals surface area contributed by atoms with Crippen LogP contribution in [-0.4, -0.2) is 33.6 Å². The van der Waals surface area contributed by atoms with Gasteiger partial charge in [0.25, 0.3) is 5.91 Å². The van der Waals surface area contributed by atoms with Gasteiger partial charge in [-0.3, -0.25) is 9.89 Å². The Morgan fingerprint density at radius 2 is 2.44 bits per heavy atom. The molecule has 2 rings (SSSR count). The minimum atomic E-state index is -0.0220. The molecule has 5 nitrogen and oxygen atoms in total. The van der Waals surface area contributed by atoms with Gasteiger partial charge in [-0.1, -0.05) is 13.8 Å². The Hall–Kier alpha value is -1.52. The highest BCUT2D eigenvalue weighted by atomic mass is 16.2. The molecule has 0 spiro atoms. The van der Waals surface area contributed by atoms with Crippen LogP contribution < -0.4 is 5.73 Å². The minimum Gasteiger partial charge on any atom is -0.396 e. The second kappa shape index (κ2) is 4.15. The van der Waals surface area contributed by atoms with E-state index >= 15 is 0 Å². The van der Waals surface area contributed by atoms with Crippen LogP contribution in [0.1, 0.15) is 37.2 Å². The van der Waals surface area contributed by atoms with Gasteiger partial charge in [-0.2, -0.15) is 5.10 Å². The van der Waals surface area contributed by atoms with Crippen LogP contribution >= 0.6 is 0 Å². The number of nitrogens with one attached hydrogen (secondary N) is 1. The Morgan fingerprint density at radius 3 is 3.00 bits per heavy atom. The number of hydrogen-bond donors (Lipinski definition) is 2. The molecule has 1 saturated heterocycles. The van der Waals surface area contributed by atoms with Crippen molar-refractivity contribution in [2.45, 2.75) is 32.7 Å². The first-order chi connectivity index (χ1) is 7.61. The molecular weight excluding hydrogens is 204 g/mol. The number of hydrogen-bond acceptors (Lipinski definition) is 3. The number of carbonyl (C=O) groups is 1. The van der Waals surface area contributed by atoms with Gasteiger partial charge in [0.15, 0.2) is 0 Å². The Bertz CT molecular complexity index is 385. The van der Waals surface area contributed by atoms with Crippen LogP contribution in [0.2, 0.25) is 0 Å². The lowest BCUT2D eigenvalue weighted by Gasteiger charge is -2.27. The average molecular weight is 222 g/mol. The lowest BCUT2D eigenvalue weighted by molar-refractivity contribution is 0.0696. The van der Waals surface area contributed by atoms with Gasteiger partial charge in [0.05, 0.1) is 11.9 Å². The smallest absolute Gasteiger partial charge is 0.274 e. The lowest BCUT2D eigenvalue weighted by atomic mass is 10.0. The van der Waals surface area contributed by atoms with Crippen LogP contribution in [0.15, 0.2) is 6.20 Å². The van der Waals surface area contributed by atoms with Crippen molar-refractivity contribution in [2.24, 2.45) is 5.92 Å². The zero-order valence-electron chi connectivity index (χ0n) is 9.73. The number of H-pyrrole nitrogens is 1. The first-order valence-corrected chi connectivity index (χ1v) is 5.71. The second-order valence-electron chi connectivity index (χ2n) is 4.65. The quantitative estimate of drug-likeness (QED) is 0.790. The van der Waals surface area contributed by atoms with Crippen molar-refractivity contribution in [2.75, 3.05) is 12.3 Å². The van der Waals surface area contributed by atoms with E-state index in [1.165, 1.54) is 6.20 Å². The van der Waals surface area contributed by atoms with E-state index in [4.69, 9.17) is 5.73 Å². The number of aromatic amines is 1. The summed E-state index contributed by atoms with van der Waals surface area (Å²) >= 11 is 0. The zero-order chi connectivity index (χ0) is 11.7. The number of nitrogens with two attached hydrogens (primary N) is 1. The molecule has 0 radical (unpaired) electrons. The van der Waals surface area contributed by atoms with Crippen molar-refractivity contribution in [1.82, 2.24) is 15.1 Å². The first kappa shape index (κ1) is 11.0. The van der Waals surface area contributed by atoms with Crippen molar-refractivity contribution in [3.8, 4) is 0 Å². The third kappa shape index (κ3) is 1.77. The van der Waals surface area contributed by atoms with Crippen LogP contribution in [-0.2, 0) is 0 Å². The van der Waals surface area contributed by atoms with Gasteiger partial charge in [0.1, 0.15) is 5.69 Å². The summed E-state index contributed by atoms with van der Waals surface area (Å²) in [5.74, 6) is 0.460. The molecule has 0 aromatic carbocycles. The van der Waals surface area contributed by atoms with Crippen LogP contribution in [0.5, 0.6) is 0 Å². The molecule has 1 aromatic heterocycles. The first-order valence-electron chi connectivity index (χ1n) is 5.71. The van der Waals surface area contributed by atoms with Crippen molar-refractivity contribution in [1.29, 1.82) is 0 Å². The maximum absolute atomic E-state index is 12.2. The molecule has 1 aliphatic heterocycles. The number of anilines is 1. The van der Waals surface area contributed by atoms with Crippen molar-refractivity contribution >= 4 is 11.6 Å². The molecule has 1 atom stereocenters. The van der Waals surface area contributed by atoms with E-state index in [0.29, 0.717) is 23.3 Å². The molecule has 1 aliphatic rings. The van der Waals surface area contributed by atoms with Crippen LogP contribution in [0.25, 0.3) is 0 Å². The van der Waals surface area contributed by atoms with Gasteiger partial charge in [-0.05, 0) is 18.8 Å². The summed E-state index contributed by atoms with van der Waals surface area (Å²) in [6.45, 7) is 5.11. The topological polar surface area (TPSA) is 75.0 Å². The molecule has 1 fully saturated rings. The molecule has 1 unspecified atom stereocenters. The zero-order valence-corrected chi connectivity index (χ0v) is 9.73. The minimum absolute atomic E-state index is 0.0220. The van der Waals surface area contributed by atoms with E-state index in [9.17, 15) is 4.79 Å². The number of nitrogen functional groups attached to an aromatic ring is 1. The highest BCUT2D eigenvalue weighted by Crippen LogP contribution is 2.26. The lowest BCUT2D eigenvalue weighted by Crippen LogP contribution is -2.39. The summed E-state index contributed by atoms with van der Waals surface area (Å²) in [4.78, 5) is 14.1. The number of rotatable bonds is 2. The SMILES string of the molecule is CC(C)C1CCCN1C(=O)c1[nH]ncc1N. The van der Waals surface area contributed by atoms with Crippen LogP contribution in [0.4, 0.5) is 5.69 Å². The highest BCUT2D eigenvalue weighted by Gasteiger charge is 2.32. The summed E-state index contributed by atoms with van der Waals surface area (Å²) in [6.07, 6.45) is 3.63. The summed E-state index contributed by atoms with van der Waals surface area (Å²) in [6, 6.07) is 0.329. The number of likely N-dealkylation sites (tertiary alicyclic amines) is 1. The monoisotopic (exact) mass is 222 g/mol. The molecule has 0 bridgehead atoms. The van der Waals surface area contributed by atoms with Crippen LogP contribution in [0.3, 0.4) is 0 Å². The largest absolute Gasteiger partial charge is 0.396 e. The normalized spacial score (nSPS) is 20.7. The van der Waals surface area contributed by atoms with E-state index in [1.807, 2.05) is 4.90 Å². The predicted octanol–water partition coefficient (Wildman–Crippen LogP) is 1.25. The van der Waals surface area contributed by atoms with Crippen LogP contribution in [0, 0.1) is 5.92 Å². The van der Waals surface area contributed by atoms with E-state index in [2.05, 4.69) is 24.0 Å². The predicted molar refractivity (Wildman–Crippen MR) is 61.9 cm³/mol. The fourth-order valence-electron chi connectivity index (χ4n) is 2.35. The fraction of sp³-hybridized carbons (Fsp3) is 0.636. The van der Waals surface area contributed by atoms with Gasteiger partial charge in [-0.25, -0.2) is 0 Å². The number of nitrogens with zero attached hydrogens (tertiary/aromatic N) is 2. The van der Waals surface area contributed by atoms with Crippen molar-refractivity contribution < 1.29 is 4.79 Å². The van der Waals surface area contributed by atoms with Gasteiger partial charge in [0, 0.05) is 12.6 Å². The van der Waals surface area contributed by atoms with Gasteiger partial charge >= 0.3 is 0 Å². The molecular formula is C11H18N4O. The second-order valence-corrected chi connectivity index (χ2v) is 4.65. The summed E-state index contributed by atoms with van der Waals surface area (Å²) in [5.41, 5.74) is 6.54. The summed E-state index contributed by atoms with van der Waals surface area (Å²) in [7, 11) is 0. The van der Waals surface area contributed by atoms with Gasteiger partial charge in [0.2, 0.25) is 0 Å². The van der Waals surface area contributed by atoms with Gasteiger partial charge in [-0.15, -0.1) is 0 Å². The molecule has 0 aliphatic carbocycles. The Morgan fingerprint density at radius 1 is 1.69 bits per heavy atom. The third-order valence-corrected chi connectivity index (χ3v) is 3.21. The van der Waals surface area contributed by atoms with Crippen molar-refractivity contribution in [3.63, 3.8) is 0 Å². The van der Waals surface area contributed by atoms with E-state index < -0.39 is 0 Å². The Balaban J connectivity index is 2.19. The molecule has 3 N–H and O–H groups in total. The Labute approximate surface area is 95.0 Å². The average Bonchev–Trinajstić information content (AvgIpc) is 2.84. The standard InChI is InChI=1S/C11H18N4O/c1-7(2)9-4-3-5-15(9)11(16)10-8(12)6-13-14-10/h6-7,9H,3-5,12H2,1-2H3,(H,13,14). The molecule has 88 valence electrons. The number of aromatic nitrogens is 2. The van der Waals surface area contributed by atoms with E-state index in [-0.39, 0.29) is 5.91 Å². The van der Waals surface area contributed by atoms with E-state index in [1.54, 1.807) is 0 Å². The maximum Gasteiger partial charge on any atom is 0.274 e. The van der Waals surface area contributed by atoms with E-state index in [0.717, 1.165) is 19.4 Å². The molecule has 0 saturated carbocycles. The number of amides is 1. The summed E-state index contributed by atoms with van der Waals surface area (Å²) < 4.78 is 0. The van der Waals surface area contributed by atoms with Crippen molar-refractivity contribution in [3.05, 3.63) is 11.9 Å². The maximum atomic E-state index is 12.2. The molecule has 1 aromatic rings. The molecule has 16 heavy (non-hydrogen) atoms. The molecule has 5 heteroatoms. The van der Waals surface area contributed by atoms with Gasteiger partial charge < -0.3 is 10.6 Å². The fourth-order valence-corrected chi connectivity index (χ4v) is 2.35.